The second kappa shape index (κ2) is 11.6. The SMILES string of the molecule is CN(CCCCCC1CC(c2cccc(F)c2)NN1)C(=O)C1CNNC1c1ccc2c(c1)OCCO2. The number of amides is 1. The molecule has 8 nitrogen and oxygen atoms in total. The van der Waals surface area contributed by atoms with Crippen molar-refractivity contribution < 1.29 is 18.7 Å². The number of hydrogen-bond acceptors (Lipinski definition) is 7. The number of carbonyl (C=O) groups is 1. The standard InChI is InChI=1S/C27H36FN5O3/c1-33(11-4-2-3-8-21-16-23(31-30-21)18-6-5-7-20(28)14-18)27(34)22-17-29-32-26(22)19-9-10-24-25(15-19)36-13-12-35-24/h5-7,9-10,14-15,21-23,26,29-32H,2-4,8,11-13,16-17H2,1H3. The van der Waals surface area contributed by atoms with E-state index in [2.05, 4.69) is 21.7 Å². The van der Waals surface area contributed by atoms with Gasteiger partial charge in [0, 0.05) is 32.2 Å². The van der Waals surface area contributed by atoms with Crippen molar-refractivity contribution in [3.05, 3.63) is 59.4 Å². The molecule has 0 spiro atoms. The third kappa shape index (κ3) is 5.81. The summed E-state index contributed by atoms with van der Waals surface area (Å²) in [6, 6.07) is 13.1. The van der Waals surface area contributed by atoms with Crippen LogP contribution in [0.3, 0.4) is 0 Å². The lowest BCUT2D eigenvalue weighted by molar-refractivity contribution is -0.134. The number of halogens is 1. The van der Waals surface area contributed by atoms with Gasteiger partial charge in [-0.3, -0.25) is 21.1 Å². The summed E-state index contributed by atoms with van der Waals surface area (Å²) < 4.78 is 24.8. The van der Waals surface area contributed by atoms with E-state index in [4.69, 9.17) is 9.47 Å². The van der Waals surface area contributed by atoms with Gasteiger partial charge in [-0.05, 0) is 54.7 Å². The Morgan fingerprint density at radius 2 is 1.86 bits per heavy atom. The van der Waals surface area contributed by atoms with Crippen LogP contribution in [-0.4, -0.2) is 50.2 Å². The quantitative estimate of drug-likeness (QED) is 0.396. The first-order valence-corrected chi connectivity index (χ1v) is 13.0. The highest BCUT2D eigenvalue weighted by Crippen LogP contribution is 2.35. The van der Waals surface area contributed by atoms with Crippen molar-refractivity contribution in [3.63, 3.8) is 0 Å². The van der Waals surface area contributed by atoms with E-state index < -0.39 is 0 Å². The Hall–Kier alpha value is -2.72. The molecular weight excluding hydrogens is 461 g/mol. The number of benzene rings is 2. The van der Waals surface area contributed by atoms with Crippen LogP contribution in [0.5, 0.6) is 11.5 Å². The summed E-state index contributed by atoms with van der Waals surface area (Å²) >= 11 is 0. The summed E-state index contributed by atoms with van der Waals surface area (Å²) in [5.74, 6) is 1.27. The summed E-state index contributed by atoms with van der Waals surface area (Å²) in [5.41, 5.74) is 15.1. The largest absolute Gasteiger partial charge is 0.486 e. The zero-order chi connectivity index (χ0) is 24.9. The van der Waals surface area contributed by atoms with Gasteiger partial charge in [0.05, 0.1) is 12.0 Å². The maximum atomic E-state index is 13.5. The van der Waals surface area contributed by atoms with Crippen LogP contribution in [0.25, 0.3) is 0 Å². The fraction of sp³-hybridized carbons (Fsp3) is 0.519. The molecule has 1 amide bonds. The zero-order valence-electron chi connectivity index (χ0n) is 20.8. The Balaban J connectivity index is 1.04. The van der Waals surface area contributed by atoms with E-state index in [1.54, 1.807) is 12.1 Å². The average Bonchev–Trinajstić information content (AvgIpc) is 3.58. The molecule has 5 rings (SSSR count). The first-order valence-electron chi connectivity index (χ1n) is 13.0. The molecule has 0 aromatic heterocycles. The number of unbranched alkanes of at least 4 members (excludes halogenated alkanes) is 2. The molecule has 9 heteroatoms. The van der Waals surface area contributed by atoms with Crippen LogP contribution in [0.4, 0.5) is 4.39 Å². The fourth-order valence-corrected chi connectivity index (χ4v) is 5.36. The van der Waals surface area contributed by atoms with Crippen molar-refractivity contribution in [1.82, 2.24) is 26.6 Å². The average molecular weight is 498 g/mol. The van der Waals surface area contributed by atoms with E-state index in [9.17, 15) is 9.18 Å². The second-order valence-electron chi connectivity index (χ2n) is 9.95. The Morgan fingerprint density at radius 1 is 1.00 bits per heavy atom. The molecule has 3 aliphatic heterocycles. The number of nitrogens with one attached hydrogen (secondary N) is 4. The minimum Gasteiger partial charge on any atom is -0.486 e. The fourth-order valence-electron chi connectivity index (χ4n) is 5.36. The lowest BCUT2D eigenvalue weighted by Crippen LogP contribution is -2.37. The van der Waals surface area contributed by atoms with Crippen molar-refractivity contribution in [2.75, 3.05) is 33.4 Å². The lowest BCUT2D eigenvalue weighted by Gasteiger charge is -2.26. The van der Waals surface area contributed by atoms with Crippen LogP contribution in [0.1, 0.15) is 55.3 Å². The van der Waals surface area contributed by atoms with Gasteiger partial charge in [-0.15, -0.1) is 0 Å². The van der Waals surface area contributed by atoms with Crippen LogP contribution in [0.2, 0.25) is 0 Å². The molecule has 36 heavy (non-hydrogen) atoms. The minimum absolute atomic E-state index is 0.109. The number of hydrogen-bond donors (Lipinski definition) is 4. The molecule has 0 aliphatic carbocycles. The van der Waals surface area contributed by atoms with Crippen LogP contribution in [-0.2, 0) is 4.79 Å². The Bertz CT molecular complexity index is 1050. The van der Waals surface area contributed by atoms with Gasteiger partial charge in [-0.2, -0.15) is 0 Å². The zero-order valence-corrected chi connectivity index (χ0v) is 20.8. The summed E-state index contributed by atoms with van der Waals surface area (Å²) in [5, 5.41) is 0. The van der Waals surface area contributed by atoms with E-state index >= 15 is 0 Å². The number of carbonyl (C=O) groups excluding carboxylic acids is 1. The molecule has 2 aromatic carbocycles. The van der Waals surface area contributed by atoms with E-state index in [1.165, 1.54) is 6.07 Å². The first kappa shape index (κ1) is 25.0. The van der Waals surface area contributed by atoms with Crippen molar-refractivity contribution in [2.24, 2.45) is 5.92 Å². The monoisotopic (exact) mass is 497 g/mol. The Labute approximate surface area is 211 Å². The third-order valence-corrected chi connectivity index (χ3v) is 7.38. The second-order valence-corrected chi connectivity index (χ2v) is 9.95. The lowest BCUT2D eigenvalue weighted by atomic mass is 9.93. The summed E-state index contributed by atoms with van der Waals surface area (Å²) in [7, 11) is 1.90. The molecule has 0 saturated carbocycles. The van der Waals surface area contributed by atoms with Gasteiger partial charge in [0.25, 0.3) is 0 Å². The van der Waals surface area contributed by atoms with E-state index in [-0.39, 0.29) is 29.7 Å². The van der Waals surface area contributed by atoms with E-state index in [1.807, 2.05) is 36.2 Å². The van der Waals surface area contributed by atoms with Gasteiger partial charge in [0.2, 0.25) is 5.91 Å². The van der Waals surface area contributed by atoms with Gasteiger partial charge >= 0.3 is 0 Å². The molecule has 4 N–H and O–H groups in total. The maximum absolute atomic E-state index is 13.5. The summed E-state index contributed by atoms with van der Waals surface area (Å²) in [6.07, 6.45) is 5.12. The molecular formula is C27H36FN5O3. The highest BCUT2D eigenvalue weighted by atomic mass is 19.1. The van der Waals surface area contributed by atoms with Crippen LogP contribution in [0, 0.1) is 11.7 Å². The highest BCUT2D eigenvalue weighted by molar-refractivity contribution is 5.80. The molecule has 4 unspecified atom stereocenters. The van der Waals surface area contributed by atoms with Crippen LogP contribution >= 0.6 is 0 Å². The molecule has 2 fully saturated rings. The van der Waals surface area contributed by atoms with E-state index in [0.29, 0.717) is 25.8 Å². The third-order valence-electron chi connectivity index (χ3n) is 7.38. The van der Waals surface area contributed by atoms with Crippen molar-refractivity contribution in [2.45, 2.75) is 50.2 Å². The maximum Gasteiger partial charge on any atom is 0.228 e. The van der Waals surface area contributed by atoms with Gasteiger partial charge in [-0.25, -0.2) is 9.82 Å². The summed E-state index contributed by atoms with van der Waals surface area (Å²) in [4.78, 5) is 15.1. The number of ether oxygens (including phenoxy) is 2. The van der Waals surface area contributed by atoms with E-state index in [0.717, 1.165) is 61.3 Å². The molecule has 2 saturated heterocycles. The van der Waals surface area contributed by atoms with Crippen molar-refractivity contribution in [3.8, 4) is 11.5 Å². The van der Waals surface area contributed by atoms with Gasteiger partial charge in [0.15, 0.2) is 11.5 Å². The molecule has 3 aliphatic rings. The number of fused-ring (bicyclic) bond motifs is 1. The molecule has 3 heterocycles. The van der Waals surface area contributed by atoms with Crippen molar-refractivity contribution >= 4 is 5.91 Å². The van der Waals surface area contributed by atoms with Crippen LogP contribution < -0.4 is 31.2 Å². The molecule has 0 bridgehead atoms. The Morgan fingerprint density at radius 3 is 2.72 bits per heavy atom. The highest BCUT2D eigenvalue weighted by Gasteiger charge is 2.36. The smallest absolute Gasteiger partial charge is 0.228 e. The first-order chi connectivity index (χ1) is 17.6. The van der Waals surface area contributed by atoms with Gasteiger partial charge < -0.3 is 14.4 Å². The topological polar surface area (TPSA) is 86.9 Å². The normalized spacial score (nSPS) is 25.2. The molecule has 2 aromatic rings. The summed E-state index contributed by atoms with van der Waals surface area (Å²) in [6.45, 7) is 2.43. The molecule has 4 atom stereocenters. The van der Waals surface area contributed by atoms with Crippen molar-refractivity contribution in [1.29, 1.82) is 0 Å². The predicted octanol–water partition coefficient (Wildman–Crippen LogP) is 2.99. The number of rotatable bonds is 9. The predicted molar refractivity (Wildman–Crippen MR) is 135 cm³/mol. The number of hydrazine groups is 2. The van der Waals surface area contributed by atoms with Gasteiger partial charge in [-0.1, -0.05) is 31.0 Å². The molecule has 0 radical (unpaired) electrons. The van der Waals surface area contributed by atoms with Crippen LogP contribution in [0.15, 0.2) is 42.5 Å². The van der Waals surface area contributed by atoms with Gasteiger partial charge in [0.1, 0.15) is 19.0 Å². The Kier molecular flexibility index (Phi) is 8.01. The molecule has 194 valence electrons. The minimum atomic E-state index is -0.196. The number of nitrogens with zero attached hydrogens (tertiary/aromatic N) is 1.